The van der Waals surface area contributed by atoms with Gasteiger partial charge in [-0.25, -0.2) is 0 Å². The molecule has 1 aromatic rings. The summed E-state index contributed by atoms with van der Waals surface area (Å²) in [6.07, 6.45) is 8.08. The molecule has 0 N–H and O–H groups in total. The van der Waals surface area contributed by atoms with Gasteiger partial charge < -0.3 is 9.47 Å². The number of nitrogens with zero attached hydrogens (tertiary/aromatic N) is 1. The second-order valence-corrected chi connectivity index (χ2v) is 6.26. The molecule has 1 heterocycles. The van der Waals surface area contributed by atoms with Crippen LogP contribution in [0.4, 0.5) is 0 Å². The molecule has 0 unspecified atom stereocenters. The van der Waals surface area contributed by atoms with Crippen molar-refractivity contribution in [1.29, 1.82) is 0 Å². The Bertz CT molecular complexity index is 728. The van der Waals surface area contributed by atoms with Crippen LogP contribution < -0.4 is 0 Å². The number of hydrogen-bond donors (Lipinski definition) is 0. The van der Waals surface area contributed by atoms with Gasteiger partial charge in [0.25, 0.3) is 0 Å². The van der Waals surface area contributed by atoms with Crippen LogP contribution in [0.15, 0.2) is 36.1 Å². The van der Waals surface area contributed by atoms with Crippen molar-refractivity contribution >= 4 is 17.5 Å². The zero-order valence-electron chi connectivity index (χ0n) is 14.7. The molecule has 0 spiro atoms. The minimum Gasteiger partial charge on any atom is -0.466 e. The quantitative estimate of drug-likeness (QED) is 0.743. The Hall–Kier alpha value is -2.43. The van der Waals surface area contributed by atoms with Gasteiger partial charge in [0, 0.05) is 17.2 Å². The first-order valence-corrected chi connectivity index (χ1v) is 8.80. The van der Waals surface area contributed by atoms with E-state index >= 15 is 0 Å². The van der Waals surface area contributed by atoms with E-state index in [9.17, 15) is 9.59 Å². The van der Waals surface area contributed by atoms with Crippen LogP contribution in [-0.2, 0) is 24.5 Å². The number of carbonyl (C=O) groups excluding carboxylic acids is 2. The van der Waals surface area contributed by atoms with Crippen LogP contribution in [0.1, 0.15) is 50.8 Å². The molecule has 0 saturated heterocycles. The number of rotatable bonds is 6. The molecule has 0 atom stereocenters. The SMILES string of the molecule is CCOC(=O)CC1(CC(=O)OCC)C2=CCCC=C2c2ncccc21. The van der Waals surface area contributed by atoms with Crippen molar-refractivity contribution in [3.63, 3.8) is 0 Å². The zero-order chi connectivity index (χ0) is 17.9. The molecule has 0 aliphatic heterocycles. The van der Waals surface area contributed by atoms with E-state index in [-0.39, 0.29) is 24.8 Å². The maximum Gasteiger partial charge on any atom is 0.307 e. The van der Waals surface area contributed by atoms with Gasteiger partial charge in [-0.1, -0.05) is 18.2 Å². The molecule has 0 radical (unpaired) electrons. The number of fused-ring (bicyclic) bond motifs is 3. The first-order chi connectivity index (χ1) is 12.1. The Balaban J connectivity index is 2.11. The summed E-state index contributed by atoms with van der Waals surface area (Å²) in [5.41, 5.74) is 3.07. The van der Waals surface area contributed by atoms with Crippen LogP contribution in [-0.4, -0.2) is 30.1 Å². The minimum absolute atomic E-state index is 0.113. The normalized spacial score (nSPS) is 17.0. The third-order valence-corrected chi connectivity index (χ3v) is 4.75. The average molecular weight is 341 g/mol. The number of esters is 2. The molecule has 1 aromatic heterocycles. The van der Waals surface area contributed by atoms with Gasteiger partial charge in [-0.15, -0.1) is 0 Å². The van der Waals surface area contributed by atoms with E-state index in [0.717, 1.165) is 35.2 Å². The number of allylic oxidation sites excluding steroid dienone is 4. The molecule has 0 amide bonds. The molecule has 2 aliphatic rings. The highest BCUT2D eigenvalue weighted by atomic mass is 16.5. The maximum absolute atomic E-state index is 12.4. The average Bonchev–Trinajstić information content (AvgIpc) is 2.86. The molecule has 3 rings (SSSR count). The van der Waals surface area contributed by atoms with E-state index in [2.05, 4.69) is 17.1 Å². The molecule has 0 bridgehead atoms. The van der Waals surface area contributed by atoms with Crippen LogP contribution in [0.2, 0.25) is 0 Å². The van der Waals surface area contributed by atoms with Crippen molar-refractivity contribution in [2.75, 3.05) is 13.2 Å². The topological polar surface area (TPSA) is 65.5 Å². The largest absolute Gasteiger partial charge is 0.466 e. The van der Waals surface area contributed by atoms with Crippen LogP contribution in [0, 0.1) is 0 Å². The summed E-state index contributed by atoms with van der Waals surface area (Å²) >= 11 is 0. The molecular weight excluding hydrogens is 318 g/mol. The highest BCUT2D eigenvalue weighted by Gasteiger charge is 2.49. The monoisotopic (exact) mass is 341 g/mol. The van der Waals surface area contributed by atoms with E-state index in [1.54, 1.807) is 20.0 Å². The number of carbonyl (C=O) groups is 2. The molecule has 0 aromatic carbocycles. The van der Waals surface area contributed by atoms with Gasteiger partial charge in [-0.3, -0.25) is 14.6 Å². The lowest BCUT2D eigenvalue weighted by molar-refractivity contribution is -0.147. The van der Waals surface area contributed by atoms with Crippen molar-refractivity contribution in [1.82, 2.24) is 4.98 Å². The van der Waals surface area contributed by atoms with Crippen molar-refractivity contribution in [2.45, 2.75) is 44.9 Å². The summed E-state index contributed by atoms with van der Waals surface area (Å²) in [5, 5.41) is 0. The highest BCUT2D eigenvalue weighted by molar-refractivity contribution is 5.93. The Kier molecular flexibility index (Phi) is 5.02. The fourth-order valence-electron chi connectivity index (χ4n) is 3.86. The fourth-order valence-corrected chi connectivity index (χ4v) is 3.86. The second-order valence-electron chi connectivity index (χ2n) is 6.26. The summed E-state index contributed by atoms with van der Waals surface area (Å²) < 4.78 is 10.4. The molecule has 132 valence electrons. The first kappa shape index (κ1) is 17.4. The van der Waals surface area contributed by atoms with Crippen LogP contribution in [0.5, 0.6) is 0 Å². The molecule has 2 aliphatic carbocycles. The Morgan fingerprint density at radius 1 is 1.08 bits per heavy atom. The molecule has 0 saturated carbocycles. The summed E-state index contributed by atoms with van der Waals surface area (Å²) in [7, 11) is 0. The molecule has 5 nitrogen and oxygen atoms in total. The van der Waals surface area contributed by atoms with Gasteiger partial charge in [-0.05, 0) is 43.9 Å². The number of pyridine rings is 1. The third-order valence-electron chi connectivity index (χ3n) is 4.75. The van der Waals surface area contributed by atoms with Crippen molar-refractivity contribution < 1.29 is 19.1 Å². The Morgan fingerprint density at radius 2 is 1.72 bits per heavy atom. The predicted molar refractivity (Wildman–Crippen MR) is 93.7 cm³/mol. The van der Waals surface area contributed by atoms with Crippen molar-refractivity contribution in [3.8, 4) is 0 Å². The van der Waals surface area contributed by atoms with E-state index in [0.29, 0.717) is 13.2 Å². The molecule has 25 heavy (non-hydrogen) atoms. The maximum atomic E-state index is 12.4. The van der Waals surface area contributed by atoms with Gasteiger partial charge in [0.15, 0.2) is 0 Å². The van der Waals surface area contributed by atoms with E-state index < -0.39 is 5.41 Å². The Labute approximate surface area is 147 Å². The smallest absolute Gasteiger partial charge is 0.307 e. The van der Waals surface area contributed by atoms with E-state index in [4.69, 9.17) is 9.47 Å². The fraction of sp³-hybridized carbons (Fsp3) is 0.450. The Morgan fingerprint density at radius 3 is 2.36 bits per heavy atom. The van der Waals surface area contributed by atoms with Gasteiger partial charge in [-0.2, -0.15) is 0 Å². The van der Waals surface area contributed by atoms with E-state index in [1.165, 1.54) is 0 Å². The lowest BCUT2D eigenvalue weighted by Gasteiger charge is -2.31. The molecular formula is C20H23NO4. The number of hydrogen-bond acceptors (Lipinski definition) is 5. The number of ether oxygens (including phenoxy) is 2. The van der Waals surface area contributed by atoms with Gasteiger partial charge in [0.2, 0.25) is 0 Å². The van der Waals surface area contributed by atoms with Crippen molar-refractivity contribution in [3.05, 3.63) is 47.3 Å². The molecule has 0 fully saturated rings. The lowest BCUT2D eigenvalue weighted by Crippen LogP contribution is -2.33. The second kappa shape index (κ2) is 7.21. The van der Waals surface area contributed by atoms with Crippen LogP contribution >= 0.6 is 0 Å². The summed E-state index contributed by atoms with van der Waals surface area (Å²) in [6, 6.07) is 3.81. The molecule has 5 heteroatoms. The standard InChI is InChI=1S/C20H23NO4/c1-3-24-17(22)12-20(13-18(23)25-4-2)15-9-6-5-8-14(15)19-16(20)10-7-11-21-19/h7-11H,3-6,12-13H2,1-2H3. The third kappa shape index (κ3) is 3.11. The zero-order valence-corrected chi connectivity index (χ0v) is 14.7. The van der Waals surface area contributed by atoms with Gasteiger partial charge >= 0.3 is 11.9 Å². The van der Waals surface area contributed by atoms with Gasteiger partial charge in [0.1, 0.15) is 0 Å². The van der Waals surface area contributed by atoms with Crippen LogP contribution in [0.3, 0.4) is 0 Å². The lowest BCUT2D eigenvalue weighted by atomic mass is 9.71. The summed E-state index contributed by atoms with van der Waals surface area (Å²) in [5.74, 6) is -0.622. The minimum atomic E-state index is -0.756. The number of aromatic nitrogens is 1. The van der Waals surface area contributed by atoms with Crippen LogP contribution in [0.25, 0.3) is 5.57 Å². The summed E-state index contributed by atoms with van der Waals surface area (Å²) in [4.78, 5) is 29.3. The predicted octanol–water partition coefficient (Wildman–Crippen LogP) is 3.34. The van der Waals surface area contributed by atoms with E-state index in [1.807, 2.05) is 12.1 Å². The highest BCUT2D eigenvalue weighted by Crippen LogP contribution is 2.54. The van der Waals surface area contributed by atoms with Crippen molar-refractivity contribution in [2.24, 2.45) is 0 Å². The summed E-state index contributed by atoms with van der Waals surface area (Å²) in [6.45, 7) is 4.20. The first-order valence-electron chi connectivity index (χ1n) is 8.80. The van der Waals surface area contributed by atoms with Gasteiger partial charge in [0.05, 0.1) is 31.7 Å².